The van der Waals surface area contributed by atoms with E-state index in [1.54, 1.807) is 0 Å². The Morgan fingerprint density at radius 2 is 2.40 bits per heavy atom. The summed E-state index contributed by atoms with van der Waals surface area (Å²) in [5, 5.41) is 3.41. The van der Waals surface area contributed by atoms with Crippen LogP contribution in [0.3, 0.4) is 0 Å². The third kappa shape index (κ3) is 2.91. The SMILES string of the molecule is C[C](=[In])/C=C1/CCCCN1. The Kier molecular flexibility index (Phi) is 3.53. The van der Waals surface area contributed by atoms with Crippen LogP contribution in [-0.4, -0.2) is 33.7 Å². The average Bonchev–Trinajstić information content (AvgIpc) is 1.88. The van der Waals surface area contributed by atoms with Crippen molar-refractivity contribution < 1.29 is 0 Å². The van der Waals surface area contributed by atoms with E-state index in [2.05, 4.69) is 18.3 Å². The Morgan fingerprint density at radius 3 is 2.90 bits per heavy atom. The third-order valence-corrected chi connectivity index (χ3v) is 2.10. The molecule has 0 aromatic rings. The van der Waals surface area contributed by atoms with Crippen molar-refractivity contribution in [1.82, 2.24) is 5.32 Å². The first-order valence-electron chi connectivity index (χ1n) is 3.82. The Morgan fingerprint density at radius 1 is 1.60 bits per heavy atom. The van der Waals surface area contributed by atoms with Gasteiger partial charge in [-0.2, -0.15) is 0 Å². The Labute approximate surface area is 76.9 Å². The van der Waals surface area contributed by atoms with Gasteiger partial charge < -0.3 is 0 Å². The maximum absolute atomic E-state index is 3.41. The van der Waals surface area contributed by atoms with Crippen molar-refractivity contribution in [3.8, 4) is 0 Å². The fourth-order valence-corrected chi connectivity index (χ4v) is 1.75. The number of piperidine rings is 1. The summed E-state index contributed by atoms with van der Waals surface area (Å²) in [6.45, 7) is 3.38. The predicted molar refractivity (Wildman–Crippen MR) is 46.4 cm³/mol. The van der Waals surface area contributed by atoms with Crippen LogP contribution >= 0.6 is 0 Å². The quantitative estimate of drug-likeness (QED) is 0.718. The van der Waals surface area contributed by atoms with Crippen molar-refractivity contribution in [2.24, 2.45) is 0 Å². The molecule has 0 aliphatic carbocycles. The summed E-state index contributed by atoms with van der Waals surface area (Å²) in [5.74, 6) is 0. The van der Waals surface area contributed by atoms with Gasteiger partial charge in [0, 0.05) is 0 Å². The Hall–Kier alpha value is 0.280. The minimum absolute atomic E-state index is 1.18. The van der Waals surface area contributed by atoms with Crippen LogP contribution in [0.4, 0.5) is 0 Å². The second-order valence-electron chi connectivity index (χ2n) is 2.80. The standard InChI is InChI=1S/C8H13N.In/c1-2-5-8-6-3-4-7-9-8;/h5,9H,3-4,6-7H2,1H3;/b8-5-;. The topological polar surface area (TPSA) is 12.0 Å². The zero-order chi connectivity index (χ0) is 7.40. The summed E-state index contributed by atoms with van der Waals surface area (Å²) in [5.41, 5.74) is 1.45. The third-order valence-electron chi connectivity index (χ3n) is 1.63. The molecule has 1 aliphatic rings. The van der Waals surface area contributed by atoms with E-state index < -0.39 is 0 Å². The van der Waals surface area contributed by atoms with Gasteiger partial charge in [-0.1, -0.05) is 0 Å². The zero-order valence-electron chi connectivity index (χ0n) is 6.48. The summed E-state index contributed by atoms with van der Waals surface area (Å²) < 4.78 is 1.52. The van der Waals surface area contributed by atoms with Crippen molar-refractivity contribution in [1.29, 1.82) is 0 Å². The summed E-state index contributed by atoms with van der Waals surface area (Å²) in [6.07, 6.45) is 6.28. The van der Waals surface area contributed by atoms with E-state index in [0.717, 1.165) is 0 Å². The van der Waals surface area contributed by atoms with Crippen LogP contribution < -0.4 is 5.32 Å². The second-order valence-corrected chi connectivity index (χ2v) is 5.40. The molecule has 1 fully saturated rings. The molecule has 0 aromatic heterocycles. The van der Waals surface area contributed by atoms with Crippen LogP contribution in [0, 0.1) is 0 Å². The van der Waals surface area contributed by atoms with Gasteiger partial charge in [0.2, 0.25) is 0 Å². The van der Waals surface area contributed by atoms with Crippen LogP contribution in [0.5, 0.6) is 0 Å². The van der Waals surface area contributed by atoms with E-state index in [-0.39, 0.29) is 0 Å². The van der Waals surface area contributed by atoms with Crippen molar-refractivity contribution in [2.45, 2.75) is 26.2 Å². The van der Waals surface area contributed by atoms with Crippen molar-refractivity contribution in [2.75, 3.05) is 6.54 Å². The number of rotatable bonds is 1. The molecule has 2 heteroatoms. The molecular formula is C8H13InN. The van der Waals surface area contributed by atoms with Gasteiger partial charge in [0.1, 0.15) is 0 Å². The molecule has 0 spiro atoms. The molecule has 1 rings (SSSR count). The summed E-state index contributed by atoms with van der Waals surface area (Å²) in [4.78, 5) is 0. The van der Waals surface area contributed by atoms with Gasteiger partial charge in [0.25, 0.3) is 0 Å². The predicted octanol–water partition coefficient (Wildman–Crippen LogP) is 1.00. The van der Waals surface area contributed by atoms with E-state index >= 15 is 0 Å². The van der Waals surface area contributed by atoms with Crippen LogP contribution in [0.15, 0.2) is 11.8 Å². The Balaban J connectivity index is 2.45. The first-order chi connectivity index (χ1) is 4.79. The molecule has 1 heterocycles. The molecule has 0 saturated carbocycles. The maximum atomic E-state index is 3.41. The normalized spacial score (nSPS) is 22.2. The summed E-state index contributed by atoms with van der Waals surface area (Å²) >= 11 is 1.26. The molecule has 0 bridgehead atoms. The zero-order valence-corrected chi connectivity index (χ0v) is 9.78. The molecule has 1 saturated heterocycles. The van der Waals surface area contributed by atoms with E-state index in [4.69, 9.17) is 0 Å². The minimum atomic E-state index is 1.18. The van der Waals surface area contributed by atoms with E-state index in [1.807, 2.05) is 0 Å². The molecule has 53 valence electrons. The summed E-state index contributed by atoms with van der Waals surface area (Å²) in [7, 11) is 0. The molecule has 1 aliphatic heterocycles. The van der Waals surface area contributed by atoms with Crippen molar-refractivity contribution in [3.63, 3.8) is 0 Å². The number of hydrogen-bond acceptors (Lipinski definition) is 1. The number of allylic oxidation sites excluding steroid dienone is 2. The van der Waals surface area contributed by atoms with Gasteiger partial charge in [-0.3, -0.25) is 0 Å². The summed E-state index contributed by atoms with van der Waals surface area (Å²) in [6, 6.07) is 0. The molecule has 1 nitrogen and oxygen atoms in total. The number of nitrogens with one attached hydrogen (secondary N) is 1. The molecule has 1 N–H and O–H groups in total. The van der Waals surface area contributed by atoms with Crippen molar-refractivity contribution >= 4 is 27.1 Å². The Bertz CT molecular complexity index is 153. The second kappa shape index (κ2) is 4.22. The first kappa shape index (κ1) is 8.38. The molecule has 0 unspecified atom stereocenters. The van der Waals surface area contributed by atoms with E-state index in [0.29, 0.717) is 0 Å². The van der Waals surface area contributed by atoms with Crippen LogP contribution in [0.25, 0.3) is 0 Å². The van der Waals surface area contributed by atoms with Gasteiger partial charge >= 0.3 is 77.0 Å². The molecule has 10 heavy (non-hydrogen) atoms. The van der Waals surface area contributed by atoms with E-state index in [9.17, 15) is 0 Å². The molecular weight excluding hydrogens is 225 g/mol. The molecule has 0 amide bonds. The number of hydrogen-bond donors (Lipinski definition) is 1. The van der Waals surface area contributed by atoms with E-state index in [1.165, 1.54) is 58.7 Å². The fraction of sp³-hybridized carbons (Fsp3) is 0.625. The monoisotopic (exact) mass is 238 g/mol. The molecule has 0 atom stereocenters. The van der Waals surface area contributed by atoms with Crippen LogP contribution in [0.2, 0.25) is 0 Å². The molecule has 0 aromatic carbocycles. The van der Waals surface area contributed by atoms with Gasteiger partial charge in [-0.15, -0.1) is 0 Å². The van der Waals surface area contributed by atoms with Crippen LogP contribution in [-0.2, 0) is 0 Å². The van der Waals surface area contributed by atoms with Crippen LogP contribution in [0.1, 0.15) is 26.2 Å². The fourth-order valence-electron chi connectivity index (χ4n) is 1.18. The van der Waals surface area contributed by atoms with Gasteiger partial charge in [-0.25, -0.2) is 0 Å². The van der Waals surface area contributed by atoms with Gasteiger partial charge in [0.15, 0.2) is 0 Å². The van der Waals surface area contributed by atoms with Crippen molar-refractivity contribution in [3.05, 3.63) is 11.8 Å². The van der Waals surface area contributed by atoms with Gasteiger partial charge in [-0.05, 0) is 0 Å². The van der Waals surface area contributed by atoms with Gasteiger partial charge in [0.05, 0.1) is 0 Å². The first-order valence-corrected chi connectivity index (χ1v) is 5.47. The average molecular weight is 238 g/mol. The molecule has 1 radical (unpaired) electrons.